The maximum atomic E-state index is 12.2. The number of nitro benzene ring substituents is 1. The predicted octanol–water partition coefficient (Wildman–Crippen LogP) is 4.88. The van der Waals surface area contributed by atoms with Crippen LogP contribution in [0.2, 0.25) is 0 Å². The second-order valence-electron chi connectivity index (χ2n) is 5.02. The number of carbonyl (C=O) groups is 1. The van der Waals surface area contributed by atoms with Gasteiger partial charge in [-0.1, -0.05) is 15.9 Å². The third-order valence-electron chi connectivity index (χ3n) is 3.10. The lowest BCUT2D eigenvalue weighted by molar-refractivity contribution is -0.385. The van der Waals surface area contributed by atoms with Crippen LogP contribution in [-0.2, 0) is 4.74 Å². The first-order chi connectivity index (χ1) is 12.6. The molecule has 0 unspecified atom stereocenters. The fraction of sp³-hybridized carbons (Fsp3) is 0.188. The molecule has 0 saturated heterocycles. The van der Waals surface area contributed by atoms with Gasteiger partial charge in [-0.15, -0.1) is 0 Å². The summed E-state index contributed by atoms with van der Waals surface area (Å²) < 4.78 is 51.8. The largest absolute Gasteiger partial charge is 0.484 e. The van der Waals surface area contributed by atoms with Crippen LogP contribution in [0.15, 0.2) is 40.9 Å². The van der Waals surface area contributed by atoms with E-state index in [1.807, 2.05) is 0 Å². The Hall–Kier alpha value is -2.82. The summed E-state index contributed by atoms with van der Waals surface area (Å²) >= 11 is 3.18. The average Bonchev–Trinajstić information content (AvgIpc) is 2.60. The van der Waals surface area contributed by atoms with Gasteiger partial charge < -0.3 is 14.2 Å². The number of rotatable bonds is 6. The molecule has 0 aliphatic carbocycles. The van der Waals surface area contributed by atoms with E-state index in [1.165, 1.54) is 18.2 Å². The lowest BCUT2D eigenvalue weighted by atomic mass is 10.2. The smallest absolute Gasteiger partial charge is 0.422 e. The number of nitro groups is 1. The molecule has 7 nitrogen and oxygen atoms in total. The van der Waals surface area contributed by atoms with E-state index >= 15 is 0 Å². The van der Waals surface area contributed by atoms with Gasteiger partial charge in [-0.3, -0.25) is 10.1 Å². The van der Waals surface area contributed by atoms with E-state index in [0.717, 1.165) is 25.3 Å². The number of nitrogens with zero attached hydrogens (tertiary/aromatic N) is 1. The van der Waals surface area contributed by atoms with E-state index in [-0.39, 0.29) is 22.8 Å². The maximum Gasteiger partial charge on any atom is 0.422 e. The Bertz CT molecular complexity index is 872. The van der Waals surface area contributed by atoms with Gasteiger partial charge in [-0.05, 0) is 30.3 Å². The summed E-state index contributed by atoms with van der Waals surface area (Å²) in [6, 6.07) is 7.28. The molecule has 0 amide bonds. The van der Waals surface area contributed by atoms with Gasteiger partial charge in [-0.2, -0.15) is 13.2 Å². The van der Waals surface area contributed by atoms with Gasteiger partial charge in [-0.25, -0.2) is 4.79 Å². The summed E-state index contributed by atoms with van der Waals surface area (Å²) in [6.45, 7) is -1.59. The van der Waals surface area contributed by atoms with Gasteiger partial charge in [0, 0.05) is 4.47 Å². The molecule has 11 heteroatoms. The number of hydrogen-bond donors (Lipinski definition) is 0. The summed E-state index contributed by atoms with van der Waals surface area (Å²) in [5, 5.41) is 11.2. The second kappa shape index (κ2) is 8.25. The lowest BCUT2D eigenvalue weighted by Crippen LogP contribution is -2.19. The third-order valence-corrected chi connectivity index (χ3v) is 3.59. The van der Waals surface area contributed by atoms with Crippen molar-refractivity contribution >= 4 is 27.6 Å². The SMILES string of the molecule is COC(=O)c1cc(Br)ccc1Oc1ccc(OCC(F)(F)F)cc1[N+](=O)[O-]. The Kier molecular flexibility index (Phi) is 6.26. The third kappa shape index (κ3) is 5.58. The van der Waals surface area contributed by atoms with Crippen molar-refractivity contribution in [3.63, 3.8) is 0 Å². The lowest BCUT2D eigenvalue weighted by Gasteiger charge is -2.12. The normalized spacial score (nSPS) is 11.0. The Balaban J connectivity index is 2.36. The molecule has 0 heterocycles. The van der Waals surface area contributed by atoms with Gasteiger partial charge in [0.1, 0.15) is 17.1 Å². The first kappa shape index (κ1) is 20.5. The minimum absolute atomic E-state index is 0.00132. The van der Waals surface area contributed by atoms with Crippen LogP contribution >= 0.6 is 15.9 Å². The highest BCUT2D eigenvalue weighted by Gasteiger charge is 2.29. The highest BCUT2D eigenvalue weighted by molar-refractivity contribution is 9.10. The van der Waals surface area contributed by atoms with Gasteiger partial charge in [0.2, 0.25) is 5.75 Å². The minimum Gasteiger partial charge on any atom is -0.484 e. The van der Waals surface area contributed by atoms with E-state index in [2.05, 4.69) is 25.4 Å². The molecule has 144 valence electrons. The van der Waals surface area contributed by atoms with Gasteiger partial charge in [0.15, 0.2) is 6.61 Å². The summed E-state index contributed by atoms with van der Waals surface area (Å²) in [5.41, 5.74) is -0.632. The minimum atomic E-state index is -4.59. The first-order valence-corrected chi connectivity index (χ1v) is 7.93. The Morgan fingerprint density at radius 3 is 2.44 bits per heavy atom. The number of carbonyl (C=O) groups excluding carboxylic acids is 1. The number of alkyl halides is 3. The molecule has 27 heavy (non-hydrogen) atoms. The van der Waals surface area contributed by atoms with Crippen molar-refractivity contribution in [3.05, 3.63) is 56.5 Å². The van der Waals surface area contributed by atoms with E-state index in [1.54, 1.807) is 0 Å². The van der Waals surface area contributed by atoms with Crippen LogP contribution in [0.25, 0.3) is 0 Å². The van der Waals surface area contributed by atoms with Gasteiger partial charge in [0.25, 0.3) is 0 Å². The molecule has 0 aliphatic heterocycles. The number of halogens is 4. The molecule has 2 aromatic carbocycles. The van der Waals surface area contributed by atoms with Crippen LogP contribution in [0.5, 0.6) is 17.2 Å². The van der Waals surface area contributed by atoms with E-state index in [4.69, 9.17) is 4.74 Å². The first-order valence-electron chi connectivity index (χ1n) is 7.14. The van der Waals surface area contributed by atoms with E-state index < -0.39 is 29.4 Å². The molecular weight excluding hydrogens is 439 g/mol. The molecule has 2 rings (SSSR count). The zero-order valence-electron chi connectivity index (χ0n) is 13.6. The Morgan fingerprint density at radius 1 is 1.19 bits per heavy atom. The molecule has 0 aromatic heterocycles. The maximum absolute atomic E-state index is 12.2. The summed E-state index contributed by atoms with van der Waals surface area (Å²) in [6.07, 6.45) is -4.59. The van der Waals surface area contributed by atoms with Crippen molar-refractivity contribution < 1.29 is 37.1 Å². The topological polar surface area (TPSA) is 87.9 Å². The van der Waals surface area contributed by atoms with Crippen LogP contribution in [0.4, 0.5) is 18.9 Å². The van der Waals surface area contributed by atoms with Crippen molar-refractivity contribution in [3.8, 4) is 17.2 Å². The van der Waals surface area contributed by atoms with Crippen LogP contribution < -0.4 is 9.47 Å². The zero-order chi connectivity index (χ0) is 20.2. The highest BCUT2D eigenvalue weighted by Crippen LogP contribution is 2.37. The molecule has 0 atom stereocenters. The number of methoxy groups -OCH3 is 1. The molecule has 2 aromatic rings. The fourth-order valence-corrected chi connectivity index (χ4v) is 2.32. The second-order valence-corrected chi connectivity index (χ2v) is 5.94. The molecule has 0 bridgehead atoms. The zero-order valence-corrected chi connectivity index (χ0v) is 15.2. The van der Waals surface area contributed by atoms with Gasteiger partial charge in [0.05, 0.1) is 18.1 Å². The van der Waals surface area contributed by atoms with Crippen molar-refractivity contribution in [1.29, 1.82) is 0 Å². The van der Waals surface area contributed by atoms with Crippen LogP contribution in [-0.4, -0.2) is 30.8 Å². The molecule has 0 spiro atoms. The summed E-state index contributed by atoms with van der Waals surface area (Å²) in [7, 11) is 1.16. The molecule has 0 N–H and O–H groups in total. The van der Waals surface area contributed by atoms with Crippen molar-refractivity contribution in [2.24, 2.45) is 0 Å². The van der Waals surface area contributed by atoms with Crippen molar-refractivity contribution in [2.45, 2.75) is 6.18 Å². The molecular formula is C16H11BrF3NO6. The number of hydrogen-bond acceptors (Lipinski definition) is 6. The van der Waals surface area contributed by atoms with Crippen molar-refractivity contribution in [2.75, 3.05) is 13.7 Å². The summed E-state index contributed by atoms with van der Waals surface area (Å²) in [4.78, 5) is 22.2. The summed E-state index contributed by atoms with van der Waals surface area (Å²) in [5.74, 6) is -1.40. The Labute approximate surface area is 158 Å². The highest BCUT2D eigenvalue weighted by atomic mass is 79.9. The quantitative estimate of drug-likeness (QED) is 0.354. The number of ether oxygens (including phenoxy) is 3. The number of esters is 1. The van der Waals surface area contributed by atoms with E-state index in [0.29, 0.717) is 4.47 Å². The average molecular weight is 450 g/mol. The molecule has 0 saturated carbocycles. The van der Waals surface area contributed by atoms with Crippen LogP contribution in [0.1, 0.15) is 10.4 Å². The van der Waals surface area contributed by atoms with Gasteiger partial charge >= 0.3 is 17.8 Å². The predicted molar refractivity (Wildman–Crippen MR) is 90.2 cm³/mol. The number of benzene rings is 2. The van der Waals surface area contributed by atoms with Crippen LogP contribution in [0.3, 0.4) is 0 Å². The standard InChI is InChI=1S/C16H11BrF3NO6/c1-25-15(22)11-6-9(17)2-4-13(11)27-14-5-3-10(7-12(14)21(23)24)26-8-16(18,19)20/h2-7H,8H2,1H3. The fourth-order valence-electron chi connectivity index (χ4n) is 1.96. The molecule has 0 fully saturated rings. The molecule has 0 aliphatic rings. The van der Waals surface area contributed by atoms with E-state index in [9.17, 15) is 28.1 Å². The van der Waals surface area contributed by atoms with Crippen molar-refractivity contribution in [1.82, 2.24) is 0 Å². The molecule has 0 radical (unpaired) electrons. The Morgan fingerprint density at radius 2 is 1.85 bits per heavy atom. The monoisotopic (exact) mass is 449 g/mol. The van der Waals surface area contributed by atoms with Crippen LogP contribution in [0, 0.1) is 10.1 Å².